The fraction of sp³-hybridized carbons (Fsp3) is 1.00. The number of aliphatic hydroxyl groups excluding tert-OH is 2. The third-order valence-electron chi connectivity index (χ3n) is 7.95. The van der Waals surface area contributed by atoms with Gasteiger partial charge in [-0.25, -0.2) is 0 Å². The molecule has 1 aliphatic carbocycles. The molecule has 0 aromatic rings. The number of aliphatic hydroxyl groups is 2. The van der Waals surface area contributed by atoms with Crippen LogP contribution in [0.25, 0.3) is 0 Å². The Balaban J connectivity index is 0.00000136. The van der Waals surface area contributed by atoms with Crippen LogP contribution in [0, 0.1) is 0 Å². The van der Waals surface area contributed by atoms with Crippen LogP contribution in [0.1, 0.15) is 194 Å². The Hall–Kier alpha value is -0.120. The summed E-state index contributed by atoms with van der Waals surface area (Å²) in [5.41, 5.74) is 0. The molecule has 0 aromatic carbocycles. The van der Waals surface area contributed by atoms with E-state index in [0.29, 0.717) is 0 Å². The van der Waals surface area contributed by atoms with Gasteiger partial charge in [-0.15, -0.1) is 0 Å². The SMILES string of the molecule is CCCCCCCCCCCCCCOCCCCCCCCCCCCCC.OC1CCC(O)CC1. The van der Waals surface area contributed by atoms with E-state index in [1.807, 2.05) is 0 Å². The first-order valence-electron chi connectivity index (χ1n) is 17.1. The predicted octanol–water partition coefficient (Wildman–Crippen LogP) is 10.7. The van der Waals surface area contributed by atoms with E-state index in [9.17, 15) is 0 Å². The van der Waals surface area contributed by atoms with E-state index in [2.05, 4.69) is 13.8 Å². The molecular formula is C34H70O3. The van der Waals surface area contributed by atoms with Gasteiger partial charge in [0.15, 0.2) is 0 Å². The monoisotopic (exact) mass is 527 g/mol. The maximum atomic E-state index is 8.92. The van der Waals surface area contributed by atoms with E-state index >= 15 is 0 Å². The van der Waals surface area contributed by atoms with Gasteiger partial charge < -0.3 is 14.9 Å². The quantitative estimate of drug-likeness (QED) is 0.110. The summed E-state index contributed by atoms with van der Waals surface area (Å²) in [7, 11) is 0. The number of unbranched alkanes of at least 4 members (excludes halogenated alkanes) is 22. The van der Waals surface area contributed by atoms with E-state index in [1.165, 1.54) is 154 Å². The number of hydrogen-bond acceptors (Lipinski definition) is 3. The molecule has 0 aromatic heterocycles. The van der Waals surface area contributed by atoms with Gasteiger partial charge in [0.25, 0.3) is 0 Å². The standard InChI is InChI=1S/C28H58O.C6H12O2/c1-3-5-7-9-11-13-15-17-19-21-23-25-27-29-28-26-24-22-20-18-16-14-12-10-8-6-4-2;7-5-1-2-6(8)4-3-5/h3-28H2,1-2H3;5-8H,1-4H2. The highest BCUT2D eigenvalue weighted by Gasteiger charge is 2.16. The summed E-state index contributed by atoms with van der Waals surface area (Å²) in [6.45, 7) is 6.58. The molecular weight excluding hydrogens is 456 g/mol. The molecule has 0 aliphatic heterocycles. The van der Waals surface area contributed by atoms with Crippen molar-refractivity contribution >= 4 is 0 Å². The van der Waals surface area contributed by atoms with Crippen molar-refractivity contribution in [3.63, 3.8) is 0 Å². The summed E-state index contributed by atoms with van der Waals surface area (Å²) in [5, 5.41) is 17.8. The Labute approximate surface area is 233 Å². The zero-order valence-electron chi connectivity index (χ0n) is 25.7. The molecule has 3 nitrogen and oxygen atoms in total. The molecule has 0 unspecified atom stereocenters. The minimum atomic E-state index is -0.140. The summed E-state index contributed by atoms with van der Waals surface area (Å²) in [6.07, 6.45) is 36.9. The molecule has 0 saturated heterocycles. The highest BCUT2D eigenvalue weighted by atomic mass is 16.5. The van der Waals surface area contributed by atoms with Crippen LogP contribution in [-0.4, -0.2) is 35.6 Å². The minimum absolute atomic E-state index is 0.140. The van der Waals surface area contributed by atoms with Crippen molar-refractivity contribution in [2.45, 2.75) is 206 Å². The molecule has 1 aliphatic rings. The van der Waals surface area contributed by atoms with E-state index < -0.39 is 0 Å². The molecule has 0 amide bonds. The zero-order valence-corrected chi connectivity index (χ0v) is 25.7. The Morgan fingerprint density at radius 2 is 0.595 bits per heavy atom. The van der Waals surface area contributed by atoms with Gasteiger partial charge in [0.05, 0.1) is 12.2 Å². The van der Waals surface area contributed by atoms with Crippen LogP contribution >= 0.6 is 0 Å². The van der Waals surface area contributed by atoms with Gasteiger partial charge in [0, 0.05) is 13.2 Å². The second-order valence-corrected chi connectivity index (χ2v) is 11.9. The summed E-state index contributed by atoms with van der Waals surface area (Å²) >= 11 is 0. The van der Waals surface area contributed by atoms with Crippen molar-refractivity contribution in [3.05, 3.63) is 0 Å². The van der Waals surface area contributed by atoms with Crippen LogP contribution in [0.2, 0.25) is 0 Å². The molecule has 37 heavy (non-hydrogen) atoms. The molecule has 3 heteroatoms. The van der Waals surface area contributed by atoms with Crippen LogP contribution in [0.3, 0.4) is 0 Å². The highest BCUT2D eigenvalue weighted by Crippen LogP contribution is 2.17. The fourth-order valence-electron chi connectivity index (χ4n) is 5.25. The molecule has 1 saturated carbocycles. The van der Waals surface area contributed by atoms with Crippen LogP contribution in [-0.2, 0) is 4.74 Å². The van der Waals surface area contributed by atoms with Crippen molar-refractivity contribution < 1.29 is 14.9 Å². The molecule has 2 N–H and O–H groups in total. The fourth-order valence-corrected chi connectivity index (χ4v) is 5.25. The molecule has 0 radical (unpaired) electrons. The van der Waals surface area contributed by atoms with Crippen LogP contribution in [0.15, 0.2) is 0 Å². The lowest BCUT2D eigenvalue weighted by Crippen LogP contribution is -2.21. The number of rotatable bonds is 26. The zero-order chi connectivity index (χ0) is 27.1. The van der Waals surface area contributed by atoms with Crippen LogP contribution < -0.4 is 0 Å². The van der Waals surface area contributed by atoms with Gasteiger partial charge in [-0.2, -0.15) is 0 Å². The lowest BCUT2D eigenvalue weighted by atomic mass is 9.95. The average molecular weight is 527 g/mol. The van der Waals surface area contributed by atoms with Crippen LogP contribution in [0.4, 0.5) is 0 Å². The third-order valence-corrected chi connectivity index (χ3v) is 7.95. The predicted molar refractivity (Wildman–Crippen MR) is 163 cm³/mol. The normalized spacial score (nSPS) is 17.5. The Morgan fingerprint density at radius 3 is 0.838 bits per heavy atom. The second-order valence-electron chi connectivity index (χ2n) is 11.9. The van der Waals surface area contributed by atoms with Gasteiger partial charge in [-0.05, 0) is 38.5 Å². The smallest absolute Gasteiger partial charge is 0.0542 e. The third kappa shape index (κ3) is 32.0. The maximum absolute atomic E-state index is 8.92. The largest absolute Gasteiger partial charge is 0.393 e. The van der Waals surface area contributed by atoms with Gasteiger partial charge in [-0.3, -0.25) is 0 Å². The molecule has 0 atom stereocenters. The van der Waals surface area contributed by atoms with Crippen molar-refractivity contribution in [2.24, 2.45) is 0 Å². The minimum Gasteiger partial charge on any atom is -0.393 e. The van der Waals surface area contributed by atoms with Gasteiger partial charge >= 0.3 is 0 Å². The molecule has 0 heterocycles. The van der Waals surface area contributed by atoms with Crippen molar-refractivity contribution in [1.82, 2.24) is 0 Å². The number of hydrogen-bond donors (Lipinski definition) is 2. The summed E-state index contributed by atoms with van der Waals surface area (Å²) in [6, 6.07) is 0. The number of ether oxygens (including phenoxy) is 1. The Bertz CT molecular complexity index is 357. The van der Waals surface area contributed by atoms with E-state index in [0.717, 1.165) is 38.9 Å². The molecule has 1 rings (SSSR count). The first-order chi connectivity index (χ1) is 18.2. The molecule has 0 spiro atoms. The van der Waals surface area contributed by atoms with E-state index in [4.69, 9.17) is 14.9 Å². The first kappa shape index (κ1) is 36.9. The molecule has 1 fully saturated rings. The summed E-state index contributed by atoms with van der Waals surface area (Å²) < 4.78 is 5.82. The molecule has 0 bridgehead atoms. The van der Waals surface area contributed by atoms with Gasteiger partial charge in [0.2, 0.25) is 0 Å². The van der Waals surface area contributed by atoms with Crippen LogP contribution in [0.5, 0.6) is 0 Å². The van der Waals surface area contributed by atoms with E-state index in [1.54, 1.807) is 0 Å². The Morgan fingerprint density at radius 1 is 0.378 bits per heavy atom. The van der Waals surface area contributed by atoms with Crippen molar-refractivity contribution in [2.75, 3.05) is 13.2 Å². The first-order valence-corrected chi connectivity index (χ1v) is 17.1. The lowest BCUT2D eigenvalue weighted by Gasteiger charge is -2.20. The second kappa shape index (κ2) is 32.1. The topological polar surface area (TPSA) is 49.7 Å². The van der Waals surface area contributed by atoms with Crippen molar-refractivity contribution in [3.8, 4) is 0 Å². The van der Waals surface area contributed by atoms with Crippen molar-refractivity contribution in [1.29, 1.82) is 0 Å². The molecule has 224 valence electrons. The lowest BCUT2D eigenvalue weighted by molar-refractivity contribution is 0.0541. The summed E-state index contributed by atoms with van der Waals surface area (Å²) in [4.78, 5) is 0. The van der Waals surface area contributed by atoms with Gasteiger partial charge in [0.1, 0.15) is 0 Å². The van der Waals surface area contributed by atoms with E-state index in [-0.39, 0.29) is 12.2 Å². The Kier molecular flexibility index (Phi) is 32.0. The highest BCUT2D eigenvalue weighted by molar-refractivity contribution is 4.69. The summed E-state index contributed by atoms with van der Waals surface area (Å²) in [5.74, 6) is 0. The average Bonchev–Trinajstić information content (AvgIpc) is 2.91. The van der Waals surface area contributed by atoms with Gasteiger partial charge in [-0.1, -0.05) is 155 Å². The maximum Gasteiger partial charge on any atom is 0.0542 e.